The monoisotopic (exact) mass is 695 g/mol. The number of hydrogen-bond acceptors (Lipinski definition) is 2. The fourth-order valence-electron chi connectivity index (χ4n) is 5.80. The molecule has 0 unspecified atom stereocenters. The summed E-state index contributed by atoms with van der Waals surface area (Å²) in [6.07, 6.45) is 1.79. The molecule has 7 rings (SSSR count). The molecular formula is C37H30IrN2-2. The van der Waals surface area contributed by atoms with Crippen molar-refractivity contribution in [1.29, 1.82) is 0 Å². The summed E-state index contributed by atoms with van der Waals surface area (Å²) in [6.45, 7) is 8.91. The predicted octanol–water partition coefficient (Wildman–Crippen LogP) is 9.17. The summed E-state index contributed by atoms with van der Waals surface area (Å²) < 4.78 is 0. The zero-order valence-electron chi connectivity index (χ0n) is 23.1. The van der Waals surface area contributed by atoms with Crippen molar-refractivity contribution in [2.75, 3.05) is 0 Å². The normalized spacial score (nSPS) is 12.5. The fourth-order valence-corrected chi connectivity index (χ4v) is 5.80. The van der Waals surface area contributed by atoms with Gasteiger partial charge in [-0.25, -0.2) is 0 Å². The molecule has 40 heavy (non-hydrogen) atoms. The van der Waals surface area contributed by atoms with E-state index in [-0.39, 0.29) is 25.5 Å². The Morgan fingerprint density at radius 2 is 1.50 bits per heavy atom. The van der Waals surface area contributed by atoms with E-state index < -0.39 is 0 Å². The van der Waals surface area contributed by atoms with Crippen LogP contribution >= 0.6 is 0 Å². The molecule has 199 valence electrons. The van der Waals surface area contributed by atoms with E-state index in [1.165, 1.54) is 33.2 Å². The molecule has 0 saturated heterocycles. The third kappa shape index (κ3) is 5.04. The number of pyridine rings is 2. The van der Waals surface area contributed by atoms with Crippen molar-refractivity contribution in [1.82, 2.24) is 9.97 Å². The van der Waals surface area contributed by atoms with Gasteiger partial charge in [0.2, 0.25) is 0 Å². The smallest absolute Gasteiger partial charge is 0.0598 e. The van der Waals surface area contributed by atoms with Crippen LogP contribution in [-0.2, 0) is 25.5 Å². The maximum absolute atomic E-state index is 5.13. The number of aryl methyl sites for hydroxylation is 2. The van der Waals surface area contributed by atoms with Gasteiger partial charge in [0.15, 0.2) is 0 Å². The third-order valence-corrected chi connectivity index (χ3v) is 7.44. The number of benzene rings is 4. The summed E-state index contributed by atoms with van der Waals surface area (Å²) in [5.74, 6) is 0. The molecule has 0 fully saturated rings. The van der Waals surface area contributed by atoms with E-state index >= 15 is 0 Å². The Balaban J connectivity index is 0.000000209. The predicted molar refractivity (Wildman–Crippen MR) is 162 cm³/mol. The van der Waals surface area contributed by atoms with Crippen LogP contribution in [0.25, 0.3) is 44.5 Å². The molecule has 1 aliphatic rings. The molecule has 0 aliphatic heterocycles. The van der Waals surface area contributed by atoms with Gasteiger partial charge in [-0.05, 0) is 45.8 Å². The van der Waals surface area contributed by atoms with Gasteiger partial charge in [-0.3, -0.25) is 4.98 Å². The molecule has 0 atom stereocenters. The molecule has 0 bridgehead atoms. The van der Waals surface area contributed by atoms with Crippen LogP contribution in [0.2, 0.25) is 0 Å². The van der Waals surface area contributed by atoms with Gasteiger partial charge in [0, 0.05) is 37.1 Å². The van der Waals surface area contributed by atoms with Crippen molar-refractivity contribution in [3.63, 3.8) is 0 Å². The summed E-state index contributed by atoms with van der Waals surface area (Å²) in [5, 5.41) is 1.25. The Kier molecular flexibility index (Phi) is 7.81. The number of hydrogen-bond donors (Lipinski definition) is 0. The molecule has 2 aromatic heterocycles. The van der Waals surface area contributed by atoms with Crippen LogP contribution in [0.5, 0.6) is 0 Å². The zero-order chi connectivity index (χ0) is 27.0. The van der Waals surface area contributed by atoms with Crippen LogP contribution < -0.4 is 0 Å². The van der Waals surface area contributed by atoms with Crippen LogP contribution in [-0.4, -0.2) is 9.97 Å². The van der Waals surface area contributed by atoms with Crippen molar-refractivity contribution in [3.8, 4) is 33.6 Å². The molecule has 0 amide bonds. The maximum atomic E-state index is 5.13. The van der Waals surface area contributed by atoms with Crippen molar-refractivity contribution >= 4 is 10.9 Å². The Hall–Kier alpha value is -3.91. The van der Waals surface area contributed by atoms with E-state index in [2.05, 4.69) is 105 Å². The largest absolute Gasteiger partial charge is 0.305 e. The standard InChI is InChI=1S/C26H22N.C11H8N.Ir/c1-16-13-17(2)15-18(14-16)25-23-19-9-5-7-11-21(19)26(3,4)24(23)20-10-6-8-12-22(20)27-25;1-2-6-10(7-3-1)11-8-4-5-9-12-11;/h5-14H,1-4H3;1-6,8-9H;/q2*-1;. The second-order valence-corrected chi connectivity index (χ2v) is 10.6. The molecule has 1 aliphatic carbocycles. The molecule has 1 radical (unpaired) electrons. The summed E-state index contributed by atoms with van der Waals surface area (Å²) in [4.78, 5) is 9.35. The second kappa shape index (κ2) is 11.3. The van der Waals surface area contributed by atoms with Gasteiger partial charge in [-0.15, -0.1) is 70.8 Å². The Morgan fingerprint density at radius 1 is 0.750 bits per heavy atom. The molecule has 3 heteroatoms. The van der Waals surface area contributed by atoms with E-state index in [0.717, 1.165) is 33.6 Å². The second-order valence-electron chi connectivity index (χ2n) is 10.6. The summed E-state index contributed by atoms with van der Waals surface area (Å²) in [7, 11) is 0. The van der Waals surface area contributed by atoms with Crippen molar-refractivity contribution in [3.05, 3.63) is 144 Å². The maximum Gasteiger partial charge on any atom is 0.0598 e. The minimum Gasteiger partial charge on any atom is -0.305 e. The van der Waals surface area contributed by atoms with Crippen molar-refractivity contribution < 1.29 is 20.1 Å². The van der Waals surface area contributed by atoms with Gasteiger partial charge in [0.05, 0.1) is 5.52 Å². The Bertz CT molecular complexity index is 1730. The first-order valence-electron chi connectivity index (χ1n) is 13.4. The summed E-state index contributed by atoms with van der Waals surface area (Å²) >= 11 is 0. The van der Waals surface area contributed by atoms with Gasteiger partial charge in [-0.2, -0.15) is 0 Å². The number of aromatic nitrogens is 2. The van der Waals surface area contributed by atoms with Crippen LogP contribution in [0.4, 0.5) is 0 Å². The van der Waals surface area contributed by atoms with E-state index in [1.807, 2.05) is 42.5 Å². The minimum absolute atomic E-state index is 0. The number of nitrogens with zero attached hydrogens (tertiary/aromatic N) is 2. The molecule has 0 spiro atoms. The minimum atomic E-state index is -0.0535. The van der Waals surface area contributed by atoms with E-state index in [4.69, 9.17) is 4.98 Å². The first-order chi connectivity index (χ1) is 18.9. The van der Waals surface area contributed by atoms with E-state index in [9.17, 15) is 0 Å². The Labute approximate surface area is 250 Å². The van der Waals surface area contributed by atoms with Crippen LogP contribution in [0.15, 0.2) is 109 Å². The summed E-state index contributed by atoms with van der Waals surface area (Å²) in [5.41, 5.74) is 12.9. The first-order valence-corrected chi connectivity index (χ1v) is 13.4. The molecular weight excluding hydrogens is 665 g/mol. The van der Waals surface area contributed by atoms with Gasteiger partial charge < -0.3 is 4.98 Å². The molecule has 0 N–H and O–H groups in total. The zero-order valence-corrected chi connectivity index (χ0v) is 25.5. The third-order valence-electron chi connectivity index (χ3n) is 7.44. The molecule has 4 aromatic carbocycles. The number of rotatable bonds is 2. The molecule has 2 nitrogen and oxygen atoms in total. The number of fused-ring (bicyclic) bond motifs is 5. The molecule has 6 aromatic rings. The quantitative estimate of drug-likeness (QED) is 0.169. The van der Waals surface area contributed by atoms with Gasteiger partial charge in [-0.1, -0.05) is 82.3 Å². The summed E-state index contributed by atoms with van der Waals surface area (Å²) in [6, 6.07) is 42.1. The SMILES string of the molecule is Cc1[c-]c(-c2nc3ccccc3c3c2-c2ccccc2C3(C)C)cc(C)c1.[Ir].[c-]1ccccc1-c1ccccn1. The fraction of sp³-hybridized carbons (Fsp3) is 0.135. The van der Waals surface area contributed by atoms with Crippen molar-refractivity contribution in [2.45, 2.75) is 33.1 Å². The molecule has 2 heterocycles. The van der Waals surface area contributed by atoms with E-state index in [1.54, 1.807) is 6.20 Å². The van der Waals surface area contributed by atoms with Crippen LogP contribution in [0.1, 0.15) is 36.1 Å². The van der Waals surface area contributed by atoms with Gasteiger partial charge in [0.1, 0.15) is 0 Å². The van der Waals surface area contributed by atoms with Crippen molar-refractivity contribution in [2.24, 2.45) is 0 Å². The average molecular weight is 695 g/mol. The average Bonchev–Trinajstić information content (AvgIpc) is 3.21. The van der Waals surface area contributed by atoms with Gasteiger partial charge >= 0.3 is 0 Å². The van der Waals surface area contributed by atoms with Crippen LogP contribution in [0, 0.1) is 26.0 Å². The molecule has 0 saturated carbocycles. The number of para-hydroxylation sites is 1. The topological polar surface area (TPSA) is 25.8 Å². The van der Waals surface area contributed by atoms with E-state index in [0.29, 0.717) is 0 Å². The Morgan fingerprint density at radius 3 is 2.25 bits per heavy atom. The van der Waals surface area contributed by atoms with Crippen LogP contribution in [0.3, 0.4) is 0 Å². The first kappa shape index (κ1) is 27.6. The van der Waals surface area contributed by atoms with Gasteiger partial charge in [0.25, 0.3) is 0 Å².